The van der Waals surface area contributed by atoms with Crippen molar-refractivity contribution in [2.75, 3.05) is 33.1 Å². The van der Waals surface area contributed by atoms with Gasteiger partial charge in [0.1, 0.15) is 14.1 Å². The SMILES string of the molecule is CC(=CC=CC(C)=C1C=CC(=[N+](C)C)C=C1)c1ccc(N(C)C)cc1. The molecule has 2 nitrogen and oxygen atoms in total. The van der Waals surface area contributed by atoms with E-state index in [-0.39, 0.29) is 0 Å². The Bertz CT molecular complexity index is 773. The van der Waals surface area contributed by atoms with E-state index in [4.69, 9.17) is 0 Å². The molecule has 0 aromatic heterocycles. The molecule has 0 heterocycles. The van der Waals surface area contributed by atoms with Crippen molar-refractivity contribution in [1.82, 2.24) is 0 Å². The molecule has 0 spiro atoms. The van der Waals surface area contributed by atoms with E-state index in [0.29, 0.717) is 0 Å². The lowest BCUT2D eigenvalue weighted by molar-refractivity contribution is -0.462. The number of nitrogens with zero attached hydrogens (tertiary/aromatic N) is 2. The quantitative estimate of drug-likeness (QED) is 0.563. The van der Waals surface area contributed by atoms with Crippen LogP contribution in [0.3, 0.4) is 0 Å². The maximum absolute atomic E-state index is 2.17. The fourth-order valence-electron chi connectivity index (χ4n) is 2.57. The van der Waals surface area contributed by atoms with Gasteiger partial charge in [0.05, 0.1) is 0 Å². The van der Waals surface area contributed by atoms with E-state index in [9.17, 15) is 0 Å². The van der Waals surface area contributed by atoms with E-state index in [1.807, 2.05) is 0 Å². The Labute approximate surface area is 152 Å². The molecule has 0 amide bonds. The highest BCUT2D eigenvalue weighted by molar-refractivity contribution is 6.02. The standard InChI is InChI=1S/C23H29N2/c1-18(20-10-14-22(15-11-20)24(3)4)8-7-9-19(2)21-12-16-23(17-13-21)25(5)6/h7-17H,1-6H3/q+1. The van der Waals surface area contributed by atoms with Gasteiger partial charge in [-0.3, -0.25) is 0 Å². The zero-order valence-corrected chi connectivity index (χ0v) is 16.2. The van der Waals surface area contributed by atoms with Crippen LogP contribution in [0.5, 0.6) is 0 Å². The van der Waals surface area contributed by atoms with Crippen molar-refractivity contribution in [2.45, 2.75) is 13.8 Å². The zero-order chi connectivity index (χ0) is 18.4. The van der Waals surface area contributed by atoms with Crippen LogP contribution in [0.1, 0.15) is 19.4 Å². The van der Waals surface area contributed by atoms with Gasteiger partial charge in [0, 0.05) is 31.9 Å². The normalized spacial score (nSPS) is 14.4. The van der Waals surface area contributed by atoms with E-state index in [2.05, 4.69) is 118 Å². The summed E-state index contributed by atoms with van der Waals surface area (Å²) < 4.78 is 2.11. The lowest BCUT2D eigenvalue weighted by Gasteiger charge is -2.12. The largest absolute Gasteiger partial charge is 0.378 e. The monoisotopic (exact) mass is 333 g/mol. The topological polar surface area (TPSA) is 6.25 Å². The molecule has 1 aliphatic carbocycles. The molecule has 0 N–H and O–H groups in total. The summed E-state index contributed by atoms with van der Waals surface area (Å²) in [6, 6.07) is 8.65. The molecule has 2 rings (SSSR count). The predicted molar refractivity (Wildman–Crippen MR) is 112 cm³/mol. The lowest BCUT2D eigenvalue weighted by atomic mass is 10.0. The lowest BCUT2D eigenvalue weighted by Crippen LogP contribution is -2.09. The minimum atomic E-state index is 1.22. The van der Waals surface area contributed by atoms with Gasteiger partial charge >= 0.3 is 0 Å². The van der Waals surface area contributed by atoms with Gasteiger partial charge in [0.25, 0.3) is 0 Å². The van der Waals surface area contributed by atoms with E-state index in [1.54, 1.807) is 0 Å². The van der Waals surface area contributed by atoms with Gasteiger partial charge in [-0.05, 0) is 60.4 Å². The fourth-order valence-corrected chi connectivity index (χ4v) is 2.57. The van der Waals surface area contributed by atoms with Crippen molar-refractivity contribution in [3.63, 3.8) is 0 Å². The summed E-state index contributed by atoms with van der Waals surface area (Å²) in [7, 11) is 8.24. The first kappa shape index (κ1) is 18.7. The Hall–Kier alpha value is -2.61. The Morgan fingerprint density at radius 2 is 1.52 bits per heavy atom. The Morgan fingerprint density at radius 3 is 2.04 bits per heavy atom. The molecular weight excluding hydrogens is 304 g/mol. The van der Waals surface area contributed by atoms with Crippen molar-refractivity contribution >= 4 is 17.0 Å². The molecule has 130 valence electrons. The number of rotatable bonds is 4. The Balaban J connectivity index is 2.10. The van der Waals surface area contributed by atoms with Gasteiger partial charge < -0.3 is 4.90 Å². The molecule has 1 aromatic rings. The average molecular weight is 333 g/mol. The smallest absolute Gasteiger partial charge is 0.199 e. The van der Waals surface area contributed by atoms with Crippen molar-refractivity contribution in [3.05, 3.63) is 83.5 Å². The predicted octanol–water partition coefficient (Wildman–Crippen LogP) is 4.87. The highest BCUT2D eigenvalue weighted by atomic mass is 15.1. The van der Waals surface area contributed by atoms with E-state index < -0.39 is 0 Å². The molecule has 25 heavy (non-hydrogen) atoms. The molecule has 2 heteroatoms. The summed E-state index contributed by atoms with van der Waals surface area (Å²) in [5.74, 6) is 0. The summed E-state index contributed by atoms with van der Waals surface area (Å²) in [5, 5.41) is 0. The second-order valence-corrected chi connectivity index (χ2v) is 6.77. The molecule has 0 bridgehead atoms. The maximum Gasteiger partial charge on any atom is 0.199 e. The number of allylic oxidation sites excluding steroid dienone is 10. The third kappa shape index (κ3) is 5.18. The number of benzene rings is 1. The average Bonchev–Trinajstić information content (AvgIpc) is 2.61. The third-order valence-corrected chi connectivity index (χ3v) is 4.37. The first-order valence-corrected chi connectivity index (χ1v) is 8.62. The van der Waals surface area contributed by atoms with Crippen LogP contribution in [0.15, 0.2) is 77.9 Å². The fraction of sp³-hybridized carbons (Fsp3) is 0.261. The summed E-state index contributed by atoms with van der Waals surface area (Å²) in [5.41, 5.74) is 7.47. The van der Waals surface area contributed by atoms with Crippen LogP contribution in [0.25, 0.3) is 5.57 Å². The summed E-state index contributed by atoms with van der Waals surface area (Å²) >= 11 is 0. The van der Waals surface area contributed by atoms with Crippen LogP contribution in [0.2, 0.25) is 0 Å². The summed E-state index contributed by atoms with van der Waals surface area (Å²) in [4.78, 5) is 2.11. The molecule has 1 aliphatic rings. The molecule has 0 saturated carbocycles. The highest BCUT2D eigenvalue weighted by Crippen LogP contribution is 2.19. The summed E-state index contributed by atoms with van der Waals surface area (Å²) in [6.07, 6.45) is 15.1. The van der Waals surface area contributed by atoms with Gasteiger partial charge in [-0.2, -0.15) is 0 Å². The van der Waals surface area contributed by atoms with Crippen LogP contribution in [0.4, 0.5) is 5.69 Å². The molecule has 1 aromatic carbocycles. The first-order valence-electron chi connectivity index (χ1n) is 8.62. The maximum atomic E-state index is 2.17. The van der Waals surface area contributed by atoms with Crippen LogP contribution in [-0.2, 0) is 0 Å². The van der Waals surface area contributed by atoms with Crippen LogP contribution < -0.4 is 4.90 Å². The molecule has 0 fully saturated rings. The van der Waals surface area contributed by atoms with Crippen molar-refractivity contribution < 1.29 is 4.58 Å². The van der Waals surface area contributed by atoms with Crippen molar-refractivity contribution in [1.29, 1.82) is 0 Å². The Morgan fingerprint density at radius 1 is 0.920 bits per heavy atom. The van der Waals surface area contributed by atoms with Gasteiger partial charge in [-0.25, -0.2) is 4.58 Å². The molecular formula is C23H29N2+. The number of hydrogen-bond donors (Lipinski definition) is 0. The minimum absolute atomic E-state index is 1.22. The summed E-state index contributed by atoms with van der Waals surface area (Å²) in [6.45, 7) is 4.30. The second kappa shape index (κ2) is 8.48. The van der Waals surface area contributed by atoms with Gasteiger partial charge in [-0.1, -0.05) is 30.4 Å². The van der Waals surface area contributed by atoms with E-state index in [1.165, 1.54) is 33.7 Å². The number of hydrogen-bond acceptors (Lipinski definition) is 1. The number of anilines is 1. The highest BCUT2D eigenvalue weighted by Gasteiger charge is 2.05. The third-order valence-electron chi connectivity index (χ3n) is 4.37. The van der Waals surface area contributed by atoms with Gasteiger partial charge in [0.15, 0.2) is 5.71 Å². The Kier molecular flexibility index (Phi) is 6.35. The van der Waals surface area contributed by atoms with Crippen molar-refractivity contribution in [3.8, 4) is 0 Å². The van der Waals surface area contributed by atoms with Crippen LogP contribution >= 0.6 is 0 Å². The molecule has 0 saturated heterocycles. The second-order valence-electron chi connectivity index (χ2n) is 6.77. The molecule has 0 aliphatic heterocycles. The van der Waals surface area contributed by atoms with Crippen molar-refractivity contribution in [2.24, 2.45) is 0 Å². The minimum Gasteiger partial charge on any atom is -0.378 e. The van der Waals surface area contributed by atoms with E-state index in [0.717, 1.165) is 0 Å². The molecule has 0 atom stereocenters. The zero-order valence-electron chi connectivity index (χ0n) is 16.2. The molecule has 0 radical (unpaired) electrons. The van der Waals surface area contributed by atoms with Crippen LogP contribution in [0, 0.1) is 0 Å². The molecule has 0 unspecified atom stereocenters. The van der Waals surface area contributed by atoms with Gasteiger partial charge in [0.2, 0.25) is 0 Å². The van der Waals surface area contributed by atoms with Crippen LogP contribution in [-0.4, -0.2) is 38.5 Å². The van der Waals surface area contributed by atoms with E-state index >= 15 is 0 Å². The first-order chi connectivity index (χ1) is 11.9. The van der Waals surface area contributed by atoms with Gasteiger partial charge in [-0.15, -0.1) is 0 Å².